The zero-order valence-electron chi connectivity index (χ0n) is 18.0. The molecule has 0 radical (unpaired) electrons. The van der Waals surface area contributed by atoms with Crippen LogP contribution in [-0.2, 0) is 4.79 Å². The van der Waals surface area contributed by atoms with Crippen LogP contribution in [0.2, 0.25) is 0 Å². The number of thiophene rings is 1. The highest BCUT2D eigenvalue weighted by Crippen LogP contribution is 2.29. The summed E-state index contributed by atoms with van der Waals surface area (Å²) in [5.41, 5.74) is 0.767. The Bertz CT molecular complexity index is 1000. The molecule has 31 heavy (non-hydrogen) atoms. The van der Waals surface area contributed by atoms with Crippen molar-refractivity contribution in [3.63, 3.8) is 0 Å². The number of likely N-dealkylation sites (tertiary alicyclic amines) is 1. The van der Waals surface area contributed by atoms with Crippen LogP contribution >= 0.6 is 27.3 Å². The van der Waals surface area contributed by atoms with Gasteiger partial charge in [0.25, 0.3) is 5.91 Å². The Morgan fingerprint density at radius 2 is 1.97 bits per heavy atom. The summed E-state index contributed by atoms with van der Waals surface area (Å²) in [6.45, 7) is 7.87. The lowest BCUT2D eigenvalue weighted by molar-refractivity contribution is -0.121. The maximum absolute atomic E-state index is 12.8. The Morgan fingerprint density at radius 1 is 1.23 bits per heavy atom. The number of hydrogen-bond donors (Lipinski definition) is 2. The van der Waals surface area contributed by atoms with Crippen LogP contribution in [0.15, 0.2) is 34.1 Å². The van der Waals surface area contributed by atoms with E-state index in [0.29, 0.717) is 16.3 Å². The number of carbonyl (C=O) groups is 3. The molecule has 2 aromatic rings. The molecule has 1 fully saturated rings. The summed E-state index contributed by atoms with van der Waals surface area (Å²) >= 11 is 4.57. The zero-order chi connectivity index (χ0) is 22.8. The van der Waals surface area contributed by atoms with E-state index >= 15 is 0 Å². The van der Waals surface area contributed by atoms with Gasteiger partial charge in [-0.25, -0.2) is 4.79 Å². The van der Waals surface area contributed by atoms with E-state index in [1.54, 1.807) is 44.2 Å². The number of hydrogen-bond acceptors (Lipinski definition) is 5. The van der Waals surface area contributed by atoms with Gasteiger partial charge in [0.05, 0.1) is 3.79 Å². The summed E-state index contributed by atoms with van der Waals surface area (Å²) in [5.74, 6) is -0.381. The topological polar surface area (TPSA) is 87.7 Å². The molecule has 0 aliphatic carbocycles. The van der Waals surface area contributed by atoms with Crippen molar-refractivity contribution < 1.29 is 19.1 Å². The molecule has 3 rings (SSSR count). The van der Waals surface area contributed by atoms with Crippen molar-refractivity contribution in [1.29, 1.82) is 0 Å². The molecule has 9 heteroatoms. The molecular weight excluding hydrogens is 482 g/mol. The highest BCUT2D eigenvalue weighted by molar-refractivity contribution is 9.11. The van der Waals surface area contributed by atoms with Crippen LogP contribution in [0.25, 0.3) is 0 Å². The smallest absolute Gasteiger partial charge is 0.399 e. The normalized spacial score (nSPS) is 16.2. The highest BCUT2D eigenvalue weighted by Gasteiger charge is 2.31. The van der Waals surface area contributed by atoms with Gasteiger partial charge in [0, 0.05) is 23.8 Å². The second-order valence-corrected chi connectivity index (χ2v) is 10.6. The van der Waals surface area contributed by atoms with E-state index in [2.05, 4.69) is 33.5 Å². The number of halogens is 1. The third kappa shape index (κ3) is 5.65. The van der Waals surface area contributed by atoms with Gasteiger partial charge in [-0.15, -0.1) is 0 Å². The van der Waals surface area contributed by atoms with Crippen molar-refractivity contribution >= 4 is 50.9 Å². The van der Waals surface area contributed by atoms with Gasteiger partial charge in [-0.2, -0.15) is 0 Å². The van der Waals surface area contributed by atoms with E-state index in [0.717, 1.165) is 28.7 Å². The largest absolute Gasteiger partial charge is 0.414 e. The van der Waals surface area contributed by atoms with Crippen molar-refractivity contribution in [2.75, 3.05) is 11.9 Å². The SMILES string of the molecule is Cc1cc(NC(=O)C(C)(C)NC(=O)Oc2ccc(Br)s2)ccc1C(=O)N1CCCC1C. The second-order valence-electron chi connectivity index (χ2n) is 8.17. The molecule has 1 unspecified atom stereocenters. The van der Waals surface area contributed by atoms with Gasteiger partial charge in [-0.1, -0.05) is 11.3 Å². The van der Waals surface area contributed by atoms with Gasteiger partial charge >= 0.3 is 6.09 Å². The van der Waals surface area contributed by atoms with E-state index in [-0.39, 0.29) is 11.9 Å². The predicted octanol–water partition coefficient (Wildman–Crippen LogP) is 4.95. The number of nitrogens with one attached hydrogen (secondary N) is 2. The van der Waals surface area contributed by atoms with Crippen molar-refractivity contribution in [3.05, 3.63) is 45.2 Å². The standard InChI is InChI=1S/C22H26BrN3O4S/c1-13-12-15(7-8-16(13)19(27)26-11-5-6-14(26)2)24-20(28)22(3,4)25-21(29)30-18-10-9-17(23)31-18/h7-10,12,14H,5-6,11H2,1-4H3,(H,24,28)(H,25,29). The molecule has 1 atom stereocenters. The van der Waals surface area contributed by atoms with Crippen LogP contribution in [0.4, 0.5) is 10.5 Å². The fourth-order valence-corrected chi connectivity index (χ4v) is 4.63. The average molecular weight is 508 g/mol. The molecule has 2 heterocycles. The summed E-state index contributed by atoms with van der Waals surface area (Å²) in [4.78, 5) is 39.6. The van der Waals surface area contributed by atoms with E-state index in [9.17, 15) is 14.4 Å². The fourth-order valence-electron chi connectivity index (χ4n) is 3.44. The molecule has 0 bridgehead atoms. The van der Waals surface area contributed by atoms with Gasteiger partial charge < -0.3 is 20.3 Å². The lowest BCUT2D eigenvalue weighted by atomic mass is 10.0. The molecule has 1 saturated heterocycles. The maximum atomic E-state index is 12.8. The van der Waals surface area contributed by atoms with Crippen molar-refractivity contribution in [1.82, 2.24) is 10.2 Å². The molecule has 1 aliphatic rings. The van der Waals surface area contributed by atoms with Gasteiger partial charge in [-0.05, 0) is 92.4 Å². The number of ether oxygens (including phenoxy) is 1. The minimum absolute atomic E-state index is 0.0188. The first-order valence-corrected chi connectivity index (χ1v) is 11.7. The lowest BCUT2D eigenvalue weighted by Gasteiger charge is -2.25. The summed E-state index contributed by atoms with van der Waals surface area (Å²) in [6.07, 6.45) is 1.33. The number of carbonyl (C=O) groups excluding carboxylic acids is 3. The molecule has 7 nitrogen and oxygen atoms in total. The second kappa shape index (κ2) is 9.40. The molecular formula is C22H26BrN3O4S. The number of rotatable bonds is 5. The van der Waals surface area contributed by atoms with E-state index in [4.69, 9.17) is 4.74 Å². The first-order valence-electron chi connectivity index (χ1n) is 10.1. The van der Waals surface area contributed by atoms with Gasteiger partial charge in [-0.3, -0.25) is 9.59 Å². The minimum atomic E-state index is -1.21. The number of benzene rings is 1. The molecule has 0 spiro atoms. The predicted molar refractivity (Wildman–Crippen MR) is 125 cm³/mol. The Hall–Kier alpha value is -2.39. The van der Waals surface area contributed by atoms with Gasteiger partial charge in [0.1, 0.15) is 5.54 Å². The monoisotopic (exact) mass is 507 g/mol. The summed E-state index contributed by atoms with van der Waals surface area (Å²) in [7, 11) is 0. The summed E-state index contributed by atoms with van der Waals surface area (Å²) in [6, 6.07) is 8.89. The van der Waals surface area contributed by atoms with E-state index < -0.39 is 17.5 Å². The Kier molecular flexibility index (Phi) is 7.06. The van der Waals surface area contributed by atoms with E-state index in [1.807, 2.05) is 11.8 Å². The first kappa shape index (κ1) is 23.3. The molecule has 1 aromatic heterocycles. The molecule has 3 amide bonds. The number of nitrogens with zero attached hydrogens (tertiary/aromatic N) is 1. The van der Waals surface area contributed by atoms with Crippen LogP contribution in [0.3, 0.4) is 0 Å². The third-order valence-corrected chi connectivity index (χ3v) is 6.75. The number of amides is 3. The molecule has 1 aliphatic heterocycles. The molecule has 1 aromatic carbocycles. The number of aryl methyl sites for hydroxylation is 1. The summed E-state index contributed by atoms with van der Waals surface area (Å²) in [5, 5.41) is 5.80. The Labute approximate surface area is 194 Å². The average Bonchev–Trinajstić information content (AvgIpc) is 3.28. The number of anilines is 1. The maximum Gasteiger partial charge on any atom is 0.414 e. The molecule has 0 saturated carbocycles. The minimum Gasteiger partial charge on any atom is -0.399 e. The Balaban J connectivity index is 1.62. The third-order valence-electron chi connectivity index (χ3n) is 5.25. The van der Waals surface area contributed by atoms with Crippen LogP contribution in [0, 0.1) is 6.92 Å². The Morgan fingerprint density at radius 3 is 2.55 bits per heavy atom. The van der Waals surface area contributed by atoms with E-state index in [1.165, 1.54) is 11.3 Å². The van der Waals surface area contributed by atoms with Crippen LogP contribution in [-0.4, -0.2) is 40.9 Å². The van der Waals surface area contributed by atoms with Crippen molar-refractivity contribution in [2.45, 2.75) is 52.1 Å². The molecule has 2 N–H and O–H groups in total. The molecule has 166 valence electrons. The zero-order valence-corrected chi connectivity index (χ0v) is 20.4. The van der Waals surface area contributed by atoms with Gasteiger partial charge in [0.2, 0.25) is 5.91 Å². The van der Waals surface area contributed by atoms with Crippen LogP contribution < -0.4 is 15.4 Å². The quantitative estimate of drug-likeness (QED) is 0.599. The first-order chi connectivity index (χ1) is 14.6. The summed E-state index contributed by atoms with van der Waals surface area (Å²) < 4.78 is 6.04. The van der Waals surface area contributed by atoms with Crippen molar-refractivity contribution in [3.8, 4) is 5.06 Å². The lowest BCUT2D eigenvalue weighted by Crippen LogP contribution is -2.53. The van der Waals surface area contributed by atoms with Crippen molar-refractivity contribution in [2.24, 2.45) is 0 Å². The van der Waals surface area contributed by atoms with Crippen LogP contribution in [0.1, 0.15) is 49.5 Å². The van der Waals surface area contributed by atoms with Crippen LogP contribution in [0.5, 0.6) is 5.06 Å². The fraction of sp³-hybridized carbons (Fsp3) is 0.409. The highest BCUT2D eigenvalue weighted by atomic mass is 79.9. The van der Waals surface area contributed by atoms with Gasteiger partial charge in [0.15, 0.2) is 5.06 Å².